The molecule has 10 heteroatoms. The van der Waals surface area contributed by atoms with Crippen LogP contribution in [-0.4, -0.2) is 49.3 Å². The predicted molar refractivity (Wildman–Crippen MR) is 103 cm³/mol. The highest BCUT2D eigenvalue weighted by molar-refractivity contribution is 5.55. The van der Waals surface area contributed by atoms with Crippen molar-refractivity contribution in [3.8, 4) is 11.5 Å². The maximum Gasteiger partial charge on any atom is 0.416 e. The topological polar surface area (TPSA) is 68.1 Å². The molecule has 0 amide bonds. The molecular weight excluding hydrogens is 403 g/mol. The molecule has 0 atom stereocenters. The molecule has 160 valence electrons. The monoisotopic (exact) mass is 423 g/mol. The van der Waals surface area contributed by atoms with Crippen molar-refractivity contribution >= 4 is 11.4 Å². The van der Waals surface area contributed by atoms with E-state index in [1.165, 1.54) is 18.2 Å². The van der Waals surface area contributed by atoms with Crippen LogP contribution in [0.25, 0.3) is 0 Å². The Morgan fingerprint density at radius 2 is 1.73 bits per heavy atom. The van der Waals surface area contributed by atoms with Gasteiger partial charge in [0, 0.05) is 44.0 Å². The fraction of sp³-hybridized carbons (Fsp3) is 0.400. The lowest BCUT2D eigenvalue weighted by Crippen LogP contribution is -2.47. The van der Waals surface area contributed by atoms with Gasteiger partial charge in [0.05, 0.1) is 16.6 Å². The molecule has 2 heterocycles. The van der Waals surface area contributed by atoms with Gasteiger partial charge in [0.1, 0.15) is 0 Å². The van der Waals surface area contributed by atoms with Crippen LogP contribution in [0.1, 0.15) is 11.1 Å². The molecule has 2 aromatic carbocycles. The number of ether oxygens (including phenoxy) is 2. The van der Waals surface area contributed by atoms with Gasteiger partial charge in [-0.15, -0.1) is 0 Å². The molecule has 2 aromatic rings. The maximum absolute atomic E-state index is 12.9. The highest BCUT2D eigenvalue weighted by atomic mass is 19.4. The number of alkyl halides is 3. The summed E-state index contributed by atoms with van der Waals surface area (Å²) in [5.41, 5.74) is 0.472. The Hall–Kier alpha value is -3.01. The quantitative estimate of drug-likeness (QED) is 0.540. The van der Waals surface area contributed by atoms with Crippen molar-refractivity contribution in [1.29, 1.82) is 0 Å². The highest BCUT2D eigenvalue weighted by Gasteiger charge is 2.31. The van der Waals surface area contributed by atoms with Crippen molar-refractivity contribution in [2.24, 2.45) is 0 Å². The van der Waals surface area contributed by atoms with Gasteiger partial charge in [-0.3, -0.25) is 15.0 Å². The number of rotatable bonds is 5. The summed E-state index contributed by atoms with van der Waals surface area (Å²) in [5.74, 6) is 0.880. The van der Waals surface area contributed by atoms with Crippen molar-refractivity contribution in [1.82, 2.24) is 4.90 Å². The molecule has 0 bridgehead atoms. The van der Waals surface area contributed by atoms with Crippen LogP contribution in [0.3, 0.4) is 0 Å². The largest absolute Gasteiger partial charge is 0.454 e. The van der Waals surface area contributed by atoms with Gasteiger partial charge in [-0.25, -0.2) is 0 Å². The normalized spacial score (nSPS) is 16.7. The first kappa shape index (κ1) is 20.3. The van der Waals surface area contributed by atoms with E-state index < -0.39 is 16.7 Å². The fourth-order valence-electron chi connectivity index (χ4n) is 3.73. The van der Waals surface area contributed by atoms with E-state index in [0.29, 0.717) is 61.9 Å². The molecule has 1 saturated heterocycles. The average Bonchev–Trinajstić information content (AvgIpc) is 3.19. The lowest BCUT2D eigenvalue weighted by molar-refractivity contribution is -0.385. The predicted octanol–water partition coefficient (Wildman–Crippen LogP) is 3.71. The SMILES string of the molecule is O=[N+]([O-])c1cc2c(cc1CCN1CCN(c3cccc(C(F)(F)F)c3)CC1)OCO2. The van der Waals surface area contributed by atoms with Gasteiger partial charge < -0.3 is 14.4 Å². The summed E-state index contributed by atoms with van der Waals surface area (Å²) in [6, 6.07) is 8.39. The van der Waals surface area contributed by atoms with Gasteiger partial charge in [-0.2, -0.15) is 13.2 Å². The van der Waals surface area contributed by atoms with E-state index in [4.69, 9.17) is 9.47 Å². The molecule has 2 aliphatic rings. The zero-order valence-electron chi connectivity index (χ0n) is 16.0. The number of halogens is 3. The third-order valence-corrected chi connectivity index (χ3v) is 5.38. The molecule has 0 saturated carbocycles. The van der Waals surface area contributed by atoms with E-state index in [-0.39, 0.29) is 12.5 Å². The Balaban J connectivity index is 1.37. The number of nitro groups is 1. The first-order valence-corrected chi connectivity index (χ1v) is 9.53. The summed E-state index contributed by atoms with van der Waals surface area (Å²) in [4.78, 5) is 15.0. The van der Waals surface area contributed by atoms with Crippen LogP contribution < -0.4 is 14.4 Å². The van der Waals surface area contributed by atoms with Crippen LogP contribution in [0.5, 0.6) is 11.5 Å². The molecule has 0 spiro atoms. The number of nitrogens with zero attached hydrogens (tertiary/aromatic N) is 3. The zero-order chi connectivity index (χ0) is 21.3. The number of anilines is 1. The average molecular weight is 423 g/mol. The number of piperazine rings is 1. The minimum atomic E-state index is -4.36. The summed E-state index contributed by atoms with van der Waals surface area (Å²) in [7, 11) is 0. The van der Waals surface area contributed by atoms with E-state index in [0.717, 1.165) is 6.07 Å². The molecule has 2 aliphatic heterocycles. The van der Waals surface area contributed by atoms with Crippen molar-refractivity contribution in [2.45, 2.75) is 12.6 Å². The third-order valence-electron chi connectivity index (χ3n) is 5.38. The maximum atomic E-state index is 12.9. The van der Waals surface area contributed by atoms with Crippen molar-refractivity contribution in [3.05, 3.63) is 57.6 Å². The zero-order valence-corrected chi connectivity index (χ0v) is 16.0. The van der Waals surface area contributed by atoms with Crippen LogP contribution in [0, 0.1) is 10.1 Å². The Labute approximate surface area is 170 Å². The summed E-state index contributed by atoms with van der Waals surface area (Å²) >= 11 is 0. The van der Waals surface area contributed by atoms with Crippen molar-refractivity contribution in [2.75, 3.05) is 44.4 Å². The van der Waals surface area contributed by atoms with E-state index in [2.05, 4.69) is 4.90 Å². The van der Waals surface area contributed by atoms with Gasteiger partial charge in [0.25, 0.3) is 5.69 Å². The fourth-order valence-corrected chi connectivity index (χ4v) is 3.73. The van der Waals surface area contributed by atoms with Crippen LogP contribution in [0.15, 0.2) is 36.4 Å². The number of hydrogen-bond acceptors (Lipinski definition) is 6. The van der Waals surface area contributed by atoms with Crippen molar-refractivity contribution in [3.63, 3.8) is 0 Å². The van der Waals surface area contributed by atoms with E-state index >= 15 is 0 Å². The first-order valence-electron chi connectivity index (χ1n) is 9.53. The summed E-state index contributed by atoms with van der Waals surface area (Å²) in [6.45, 7) is 3.16. The Morgan fingerprint density at radius 3 is 2.40 bits per heavy atom. The molecule has 0 N–H and O–H groups in total. The first-order chi connectivity index (χ1) is 14.3. The molecule has 1 fully saturated rings. The van der Waals surface area contributed by atoms with E-state index in [9.17, 15) is 23.3 Å². The molecule has 0 aliphatic carbocycles. The lowest BCUT2D eigenvalue weighted by Gasteiger charge is -2.36. The van der Waals surface area contributed by atoms with E-state index in [1.54, 1.807) is 12.1 Å². The van der Waals surface area contributed by atoms with Crippen molar-refractivity contribution < 1.29 is 27.6 Å². The van der Waals surface area contributed by atoms with Gasteiger partial charge >= 0.3 is 6.18 Å². The number of hydrogen-bond donors (Lipinski definition) is 0. The third kappa shape index (κ3) is 4.28. The standard InChI is InChI=1S/C20H20F3N3O4/c21-20(22,23)15-2-1-3-16(11-15)25-8-6-24(7-9-25)5-4-14-10-18-19(30-13-29-18)12-17(14)26(27)28/h1-3,10-12H,4-9,13H2. The highest BCUT2D eigenvalue weighted by Crippen LogP contribution is 2.38. The Bertz CT molecular complexity index is 943. The second kappa shape index (κ2) is 8.02. The molecule has 0 unspecified atom stereocenters. The molecule has 30 heavy (non-hydrogen) atoms. The second-order valence-corrected chi connectivity index (χ2v) is 7.22. The van der Waals surface area contributed by atoms with Crippen LogP contribution in [0.4, 0.5) is 24.5 Å². The molecule has 0 aromatic heterocycles. The van der Waals surface area contributed by atoms with Crippen LogP contribution in [-0.2, 0) is 12.6 Å². The molecule has 7 nitrogen and oxygen atoms in total. The van der Waals surface area contributed by atoms with E-state index in [1.807, 2.05) is 4.90 Å². The number of nitro benzene ring substituents is 1. The van der Waals surface area contributed by atoms with Gasteiger partial charge in [-0.1, -0.05) is 6.07 Å². The molecule has 0 radical (unpaired) electrons. The minimum absolute atomic E-state index is 0.00171. The number of benzene rings is 2. The Morgan fingerprint density at radius 1 is 1.03 bits per heavy atom. The smallest absolute Gasteiger partial charge is 0.416 e. The number of fused-ring (bicyclic) bond motifs is 1. The summed E-state index contributed by atoms with van der Waals surface area (Å²) in [5, 5.41) is 11.4. The van der Waals surface area contributed by atoms with Crippen LogP contribution in [0.2, 0.25) is 0 Å². The summed E-state index contributed by atoms with van der Waals surface area (Å²) < 4.78 is 49.3. The Kier molecular flexibility index (Phi) is 5.42. The lowest BCUT2D eigenvalue weighted by atomic mass is 10.1. The van der Waals surface area contributed by atoms with Crippen LogP contribution >= 0.6 is 0 Å². The van der Waals surface area contributed by atoms with Gasteiger partial charge in [0.15, 0.2) is 11.5 Å². The molecule has 4 rings (SSSR count). The minimum Gasteiger partial charge on any atom is -0.454 e. The molecular formula is C20H20F3N3O4. The second-order valence-electron chi connectivity index (χ2n) is 7.22. The summed E-state index contributed by atoms with van der Waals surface area (Å²) in [6.07, 6.45) is -3.90. The van der Waals surface area contributed by atoms with Gasteiger partial charge in [-0.05, 0) is 30.7 Å². The van der Waals surface area contributed by atoms with Gasteiger partial charge in [0.2, 0.25) is 6.79 Å².